The van der Waals surface area contributed by atoms with E-state index in [0.717, 1.165) is 41.0 Å². The van der Waals surface area contributed by atoms with Gasteiger partial charge in [-0.2, -0.15) is 0 Å². The average molecular weight is 375 g/mol. The van der Waals surface area contributed by atoms with Crippen LogP contribution < -0.4 is 5.73 Å². The summed E-state index contributed by atoms with van der Waals surface area (Å²) in [7, 11) is 0. The van der Waals surface area contributed by atoms with Crippen molar-refractivity contribution < 1.29 is 4.74 Å². The van der Waals surface area contributed by atoms with Crippen LogP contribution in [0.25, 0.3) is 0 Å². The summed E-state index contributed by atoms with van der Waals surface area (Å²) in [4.78, 5) is 9.10. The molecule has 5 heteroatoms. The highest BCUT2D eigenvalue weighted by atomic mass is 127. The number of anilines is 1. The van der Waals surface area contributed by atoms with Crippen molar-refractivity contribution >= 4 is 28.4 Å². The monoisotopic (exact) mass is 375 g/mol. The Labute approximate surface area is 128 Å². The van der Waals surface area contributed by atoms with Crippen LogP contribution in [-0.4, -0.2) is 22.7 Å². The molecule has 4 nitrogen and oxygen atoms in total. The lowest BCUT2D eigenvalue weighted by atomic mass is 10.1. The molecule has 2 N–H and O–H groups in total. The molecule has 1 fully saturated rings. The first-order valence-corrected chi connectivity index (χ1v) is 8.06. The fourth-order valence-electron chi connectivity index (χ4n) is 2.35. The Bertz CT molecular complexity index is 431. The van der Waals surface area contributed by atoms with E-state index in [-0.39, 0.29) is 6.10 Å². The van der Waals surface area contributed by atoms with Gasteiger partial charge in [-0.15, -0.1) is 0 Å². The highest BCUT2D eigenvalue weighted by Gasteiger charge is 2.18. The average Bonchev–Trinajstić information content (AvgIpc) is 2.36. The summed E-state index contributed by atoms with van der Waals surface area (Å²) in [5.74, 6) is 2.01. The number of hydrogen-bond donors (Lipinski definition) is 1. The van der Waals surface area contributed by atoms with Crippen molar-refractivity contribution in [1.82, 2.24) is 9.97 Å². The number of hydrogen-bond acceptors (Lipinski definition) is 4. The summed E-state index contributed by atoms with van der Waals surface area (Å²) in [6.45, 7) is 5.25. The van der Waals surface area contributed by atoms with Crippen LogP contribution in [0.4, 0.5) is 5.82 Å². The Morgan fingerprint density at radius 3 is 2.79 bits per heavy atom. The SMILES string of the molecule is CC(C)Cc1nc(CC2CCCCO2)nc(N)c1I. The fourth-order valence-corrected chi connectivity index (χ4v) is 2.81. The number of nitrogens with two attached hydrogens (primary N) is 1. The van der Waals surface area contributed by atoms with E-state index in [0.29, 0.717) is 11.7 Å². The van der Waals surface area contributed by atoms with Gasteiger partial charge in [-0.25, -0.2) is 9.97 Å². The number of nitrogen functional groups attached to an aromatic ring is 1. The summed E-state index contributed by atoms with van der Waals surface area (Å²) < 4.78 is 6.75. The van der Waals surface area contributed by atoms with Gasteiger partial charge in [-0.1, -0.05) is 13.8 Å². The molecule has 1 saturated heterocycles. The van der Waals surface area contributed by atoms with Crippen molar-refractivity contribution in [2.45, 2.75) is 52.1 Å². The first kappa shape index (κ1) is 15.0. The zero-order chi connectivity index (χ0) is 13.8. The standard InChI is InChI=1S/C14H22IN3O/c1-9(2)7-11-13(15)14(16)18-12(17-11)8-10-5-3-4-6-19-10/h9-10H,3-8H2,1-2H3,(H2,16,17,18). The third-order valence-corrected chi connectivity index (χ3v) is 4.45. The van der Waals surface area contributed by atoms with Gasteiger partial charge in [0.25, 0.3) is 0 Å². The molecule has 1 atom stereocenters. The molecule has 0 aliphatic carbocycles. The normalized spacial score (nSPS) is 19.9. The van der Waals surface area contributed by atoms with Crippen molar-refractivity contribution in [2.75, 3.05) is 12.3 Å². The smallest absolute Gasteiger partial charge is 0.140 e. The molecule has 1 aliphatic heterocycles. The molecule has 0 saturated carbocycles. The van der Waals surface area contributed by atoms with E-state index in [1.807, 2.05) is 0 Å². The number of aromatic nitrogens is 2. The third-order valence-electron chi connectivity index (χ3n) is 3.28. The molecule has 1 aliphatic rings. The van der Waals surface area contributed by atoms with Gasteiger partial charge in [0.2, 0.25) is 0 Å². The number of nitrogens with zero attached hydrogens (tertiary/aromatic N) is 2. The van der Waals surface area contributed by atoms with Crippen LogP contribution in [0.5, 0.6) is 0 Å². The van der Waals surface area contributed by atoms with Crippen molar-refractivity contribution in [1.29, 1.82) is 0 Å². The minimum absolute atomic E-state index is 0.264. The van der Waals surface area contributed by atoms with Gasteiger partial charge >= 0.3 is 0 Å². The molecule has 0 radical (unpaired) electrons. The zero-order valence-electron chi connectivity index (χ0n) is 11.7. The molecule has 0 amide bonds. The number of ether oxygens (including phenoxy) is 1. The maximum Gasteiger partial charge on any atom is 0.140 e. The molecule has 0 bridgehead atoms. The van der Waals surface area contributed by atoms with Gasteiger partial charge < -0.3 is 10.5 Å². The van der Waals surface area contributed by atoms with E-state index in [9.17, 15) is 0 Å². The van der Waals surface area contributed by atoms with E-state index in [4.69, 9.17) is 10.5 Å². The van der Waals surface area contributed by atoms with Gasteiger partial charge in [-0.3, -0.25) is 0 Å². The maximum absolute atomic E-state index is 6.00. The van der Waals surface area contributed by atoms with Crippen molar-refractivity contribution in [2.24, 2.45) is 5.92 Å². The van der Waals surface area contributed by atoms with Gasteiger partial charge in [-0.05, 0) is 54.2 Å². The Kier molecular flexibility index (Phi) is 5.38. The van der Waals surface area contributed by atoms with E-state index < -0.39 is 0 Å². The molecule has 0 spiro atoms. The van der Waals surface area contributed by atoms with E-state index in [2.05, 4.69) is 46.4 Å². The Morgan fingerprint density at radius 1 is 1.37 bits per heavy atom. The third kappa shape index (κ3) is 4.27. The van der Waals surface area contributed by atoms with Gasteiger partial charge in [0, 0.05) is 13.0 Å². The van der Waals surface area contributed by atoms with Crippen molar-refractivity contribution in [3.05, 3.63) is 15.1 Å². The number of rotatable bonds is 4. The van der Waals surface area contributed by atoms with Crippen molar-refractivity contribution in [3.8, 4) is 0 Å². The lowest BCUT2D eigenvalue weighted by Crippen LogP contribution is -2.23. The van der Waals surface area contributed by atoms with Crippen LogP contribution in [0.3, 0.4) is 0 Å². The molecule has 1 aromatic rings. The molecule has 1 aromatic heterocycles. The van der Waals surface area contributed by atoms with Gasteiger partial charge in [0.05, 0.1) is 15.4 Å². The Balaban J connectivity index is 2.13. The molecule has 2 heterocycles. The second-order valence-electron chi connectivity index (χ2n) is 5.58. The maximum atomic E-state index is 6.00. The van der Waals surface area contributed by atoms with Gasteiger partial charge in [0.15, 0.2) is 0 Å². The van der Waals surface area contributed by atoms with Crippen LogP contribution in [-0.2, 0) is 17.6 Å². The van der Waals surface area contributed by atoms with E-state index >= 15 is 0 Å². The molecule has 1 unspecified atom stereocenters. The Hall–Kier alpha value is -0.430. The zero-order valence-corrected chi connectivity index (χ0v) is 13.8. The molecule has 106 valence electrons. The summed E-state index contributed by atoms with van der Waals surface area (Å²) in [5.41, 5.74) is 7.08. The van der Waals surface area contributed by atoms with Crippen LogP contribution in [0, 0.1) is 9.49 Å². The highest BCUT2D eigenvalue weighted by Crippen LogP contribution is 2.21. The van der Waals surface area contributed by atoms with E-state index in [1.54, 1.807) is 0 Å². The molecule has 2 rings (SSSR count). The van der Waals surface area contributed by atoms with Crippen molar-refractivity contribution in [3.63, 3.8) is 0 Å². The minimum Gasteiger partial charge on any atom is -0.383 e. The van der Waals surface area contributed by atoms with Crippen LogP contribution in [0.1, 0.15) is 44.6 Å². The summed E-state index contributed by atoms with van der Waals surface area (Å²) in [6, 6.07) is 0. The second kappa shape index (κ2) is 6.83. The second-order valence-corrected chi connectivity index (χ2v) is 6.66. The molecule has 0 aromatic carbocycles. The van der Waals surface area contributed by atoms with Crippen LogP contribution in [0.15, 0.2) is 0 Å². The molecule has 19 heavy (non-hydrogen) atoms. The van der Waals surface area contributed by atoms with Crippen LogP contribution in [0.2, 0.25) is 0 Å². The Morgan fingerprint density at radius 2 is 2.16 bits per heavy atom. The topological polar surface area (TPSA) is 61.0 Å². The summed E-state index contributed by atoms with van der Waals surface area (Å²) in [6.07, 6.45) is 5.51. The largest absolute Gasteiger partial charge is 0.383 e. The summed E-state index contributed by atoms with van der Waals surface area (Å²) in [5, 5.41) is 0. The number of halogens is 1. The highest BCUT2D eigenvalue weighted by molar-refractivity contribution is 14.1. The van der Waals surface area contributed by atoms with Gasteiger partial charge in [0.1, 0.15) is 11.6 Å². The lowest BCUT2D eigenvalue weighted by molar-refractivity contribution is 0.0156. The molecular weight excluding hydrogens is 353 g/mol. The minimum atomic E-state index is 0.264. The van der Waals surface area contributed by atoms with E-state index in [1.165, 1.54) is 12.8 Å². The molecular formula is C14H22IN3O. The first-order chi connectivity index (χ1) is 9.06. The lowest BCUT2D eigenvalue weighted by Gasteiger charge is -2.22. The predicted octanol–water partition coefficient (Wildman–Crippen LogP) is 2.97. The van der Waals surface area contributed by atoms with Crippen LogP contribution >= 0.6 is 22.6 Å². The predicted molar refractivity (Wildman–Crippen MR) is 85.0 cm³/mol. The first-order valence-electron chi connectivity index (χ1n) is 6.98. The fraction of sp³-hybridized carbons (Fsp3) is 0.714. The quantitative estimate of drug-likeness (QED) is 0.822. The summed E-state index contributed by atoms with van der Waals surface area (Å²) >= 11 is 2.24.